The van der Waals surface area contributed by atoms with Gasteiger partial charge < -0.3 is 25.2 Å². The van der Waals surface area contributed by atoms with Crippen LogP contribution in [0.15, 0.2) is 5.16 Å². The molecule has 1 fully saturated rings. The smallest absolute Gasteiger partial charge is 0.394 e. The highest BCUT2D eigenvalue weighted by molar-refractivity contribution is 8.14. The van der Waals surface area contributed by atoms with Crippen molar-refractivity contribution in [3.8, 4) is 0 Å². The van der Waals surface area contributed by atoms with E-state index in [0.29, 0.717) is 24.6 Å². The van der Waals surface area contributed by atoms with Gasteiger partial charge in [0.05, 0.1) is 6.61 Å². The third kappa shape index (κ3) is 8.92. The van der Waals surface area contributed by atoms with Crippen molar-refractivity contribution in [2.75, 3.05) is 18.6 Å². The second kappa shape index (κ2) is 12.3. The first-order valence-electron chi connectivity index (χ1n) is 8.29. The predicted octanol–water partition coefficient (Wildman–Crippen LogP) is -0.855. The van der Waals surface area contributed by atoms with Gasteiger partial charge >= 0.3 is 10.4 Å². The van der Waals surface area contributed by atoms with Crippen molar-refractivity contribution >= 4 is 44.7 Å². The van der Waals surface area contributed by atoms with Gasteiger partial charge in [0.25, 0.3) is 0 Å². The van der Waals surface area contributed by atoms with Crippen LogP contribution < -0.4 is 0 Å². The van der Waals surface area contributed by atoms with Crippen molar-refractivity contribution in [3.05, 3.63) is 0 Å². The highest BCUT2D eigenvalue weighted by Gasteiger charge is 2.44. The minimum atomic E-state index is -4.89. The van der Waals surface area contributed by atoms with Gasteiger partial charge in [-0.05, 0) is 18.4 Å². The van der Waals surface area contributed by atoms with Crippen LogP contribution in [-0.2, 0) is 24.2 Å². The molecule has 164 valence electrons. The molecule has 0 aromatic heterocycles. The van der Waals surface area contributed by atoms with E-state index in [1.165, 1.54) is 0 Å². The predicted molar refractivity (Wildman–Crippen MR) is 103 cm³/mol. The molecule has 0 spiro atoms. The molecule has 1 heterocycles. The summed E-state index contributed by atoms with van der Waals surface area (Å²) in [4.78, 5) is 11.9. The van der Waals surface area contributed by atoms with E-state index in [1.54, 1.807) is 11.8 Å². The summed E-state index contributed by atoms with van der Waals surface area (Å²) in [6.45, 7) is -0.635. The molecule has 5 N–H and O–H groups in total. The van der Waals surface area contributed by atoms with Gasteiger partial charge in [0.2, 0.25) is 0 Å². The molecule has 11 nitrogen and oxygen atoms in total. The maximum absolute atomic E-state index is 11.9. The number of ether oxygens (including phenoxy) is 1. The number of nitrogens with zero attached hydrogens (tertiary/aromatic N) is 1. The van der Waals surface area contributed by atoms with Gasteiger partial charge in [-0.2, -0.15) is 20.2 Å². The molecule has 0 bridgehead atoms. The average molecular weight is 464 g/mol. The monoisotopic (exact) mass is 463 g/mol. The Bertz CT molecular complexity index is 627. The second-order valence-corrected chi connectivity index (χ2v) is 9.10. The number of thioether (sulfide) groups is 2. The molecule has 28 heavy (non-hydrogen) atoms. The number of hydrogen-bond acceptors (Lipinski definition) is 12. The molecule has 1 aliphatic rings. The fourth-order valence-corrected chi connectivity index (χ4v) is 4.03. The molecule has 0 aromatic rings. The van der Waals surface area contributed by atoms with E-state index in [2.05, 4.69) is 9.44 Å². The molecule has 0 amide bonds. The number of oxime groups is 1. The standard InChI is InChI=1S/C14H25NO10S3/c1-26-6-2-3-8(17)4-5-10(15-25-28(21,22)23)27-14-13(20)12(19)11(18)9(7-16)24-14/h9,11-14,16,18-20H,2-7H2,1H3,(H,21,22,23)/b15-10-/t9-,11+,12-,13-,14-/m1/s1. The lowest BCUT2D eigenvalue weighted by molar-refractivity contribution is -0.205. The summed E-state index contributed by atoms with van der Waals surface area (Å²) in [6.07, 6.45) is -3.04. The van der Waals surface area contributed by atoms with Crippen molar-refractivity contribution < 1.29 is 47.2 Å². The number of hydrogen-bond donors (Lipinski definition) is 5. The van der Waals surface area contributed by atoms with Gasteiger partial charge in [-0.25, -0.2) is 4.28 Å². The molecule has 0 radical (unpaired) electrons. The topological polar surface area (TPSA) is 183 Å². The zero-order chi connectivity index (χ0) is 21.3. The van der Waals surface area contributed by atoms with Gasteiger partial charge in [-0.1, -0.05) is 16.9 Å². The Labute approximate surface area is 171 Å². The van der Waals surface area contributed by atoms with Crippen LogP contribution in [0.1, 0.15) is 25.7 Å². The van der Waals surface area contributed by atoms with Gasteiger partial charge in [-0.3, -0.25) is 9.35 Å². The molecule has 0 saturated carbocycles. The lowest BCUT2D eigenvalue weighted by Gasteiger charge is -2.39. The normalized spacial score (nSPS) is 28.9. The Hall–Kier alpha value is -0.450. The summed E-state index contributed by atoms with van der Waals surface area (Å²) in [7, 11) is -4.89. The Morgan fingerprint density at radius 3 is 2.39 bits per heavy atom. The first-order chi connectivity index (χ1) is 13.1. The highest BCUT2D eigenvalue weighted by Crippen LogP contribution is 2.30. The maximum Gasteiger partial charge on any atom is 0.466 e. The zero-order valence-corrected chi connectivity index (χ0v) is 17.5. The van der Waals surface area contributed by atoms with Crippen molar-refractivity contribution in [1.29, 1.82) is 0 Å². The van der Waals surface area contributed by atoms with Gasteiger partial charge in [0.1, 0.15) is 40.7 Å². The van der Waals surface area contributed by atoms with Crippen molar-refractivity contribution in [2.45, 2.75) is 55.5 Å². The number of ketones is 1. The van der Waals surface area contributed by atoms with E-state index in [0.717, 1.165) is 5.75 Å². The number of aliphatic hydroxyl groups is 4. The molecule has 0 aromatic carbocycles. The molecule has 1 rings (SSSR count). The molecule has 1 saturated heterocycles. The Balaban J connectivity index is 2.80. The molecular weight excluding hydrogens is 438 g/mol. The number of carbonyl (C=O) groups is 1. The van der Waals surface area contributed by atoms with E-state index in [9.17, 15) is 33.6 Å². The lowest BCUT2D eigenvalue weighted by atomic mass is 10.0. The van der Waals surface area contributed by atoms with E-state index in [1.807, 2.05) is 6.26 Å². The molecule has 5 atom stereocenters. The van der Waals surface area contributed by atoms with E-state index >= 15 is 0 Å². The molecule has 0 aliphatic carbocycles. The average Bonchev–Trinajstić information content (AvgIpc) is 2.63. The molecule has 0 unspecified atom stereocenters. The zero-order valence-electron chi connectivity index (χ0n) is 15.1. The van der Waals surface area contributed by atoms with Crippen LogP contribution in [-0.4, -0.2) is 92.7 Å². The summed E-state index contributed by atoms with van der Waals surface area (Å²) >= 11 is 2.25. The lowest BCUT2D eigenvalue weighted by Crippen LogP contribution is -2.57. The maximum atomic E-state index is 11.9. The fraction of sp³-hybridized carbons (Fsp3) is 0.857. The summed E-state index contributed by atoms with van der Waals surface area (Å²) in [5, 5.41) is 42.0. The third-order valence-electron chi connectivity index (χ3n) is 3.76. The quantitative estimate of drug-likeness (QED) is 0.0841. The van der Waals surface area contributed by atoms with Crippen LogP contribution in [0.25, 0.3) is 0 Å². The Morgan fingerprint density at radius 1 is 1.14 bits per heavy atom. The van der Waals surface area contributed by atoms with Crippen LogP contribution in [0.4, 0.5) is 0 Å². The van der Waals surface area contributed by atoms with Crippen LogP contribution >= 0.6 is 23.5 Å². The first-order valence-corrected chi connectivity index (χ1v) is 11.9. The van der Waals surface area contributed by atoms with E-state index in [-0.39, 0.29) is 23.7 Å². The highest BCUT2D eigenvalue weighted by atomic mass is 32.3. The minimum absolute atomic E-state index is 0.00642. The summed E-state index contributed by atoms with van der Waals surface area (Å²) in [5.41, 5.74) is -1.23. The van der Waals surface area contributed by atoms with Crippen LogP contribution in [0, 0.1) is 0 Å². The van der Waals surface area contributed by atoms with Crippen molar-refractivity contribution in [1.82, 2.24) is 0 Å². The Morgan fingerprint density at radius 2 is 1.82 bits per heavy atom. The number of rotatable bonds is 11. The van der Waals surface area contributed by atoms with Crippen molar-refractivity contribution in [3.63, 3.8) is 0 Å². The molecular formula is C14H25NO10S3. The van der Waals surface area contributed by atoms with E-state index < -0.39 is 46.9 Å². The summed E-state index contributed by atoms with van der Waals surface area (Å²) in [6, 6.07) is 0. The summed E-state index contributed by atoms with van der Waals surface area (Å²) < 4.78 is 39.5. The molecule has 14 heteroatoms. The number of carbonyl (C=O) groups excluding carboxylic acids is 1. The Kier molecular flexibility index (Phi) is 11.2. The summed E-state index contributed by atoms with van der Waals surface area (Å²) in [5.74, 6) is 0.723. The minimum Gasteiger partial charge on any atom is -0.394 e. The van der Waals surface area contributed by atoms with Gasteiger partial charge in [0, 0.05) is 19.3 Å². The number of Topliss-reactive ketones (excluding diaryl/α,β-unsaturated/α-hetero) is 1. The first kappa shape index (κ1) is 25.6. The van der Waals surface area contributed by atoms with Gasteiger partial charge in [-0.15, -0.1) is 0 Å². The third-order valence-corrected chi connectivity index (χ3v) is 5.89. The SMILES string of the molecule is CSCCCC(=O)CC/C(=N/OS(=O)(=O)O)S[C@H]1O[C@H](CO)[C@H](O)[C@@H](O)[C@H]1O. The fourth-order valence-electron chi connectivity index (χ4n) is 2.30. The van der Waals surface area contributed by atoms with Gasteiger partial charge in [0.15, 0.2) is 0 Å². The van der Waals surface area contributed by atoms with E-state index in [4.69, 9.17) is 9.29 Å². The van der Waals surface area contributed by atoms with Crippen molar-refractivity contribution in [2.24, 2.45) is 5.16 Å². The van der Waals surface area contributed by atoms with Crippen LogP contribution in [0.2, 0.25) is 0 Å². The van der Waals surface area contributed by atoms with Crippen LogP contribution in [0.3, 0.4) is 0 Å². The largest absolute Gasteiger partial charge is 0.466 e. The second-order valence-electron chi connectivity index (χ2n) is 5.94. The number of aliphatic hydroxyl groups excluding tert-OH is 4. The molecule has 1 aliphatic heterocycles. The van der Waals surface area contributed by atoms with Crippen LogP contribution in [0.5, 0.6) is 0 Å².